The maximum Gasteiger partial charge on any atom is 0.573 e. The van der Waals surface area contributed by atoms with Gasteiger partial charge in [0.05, 0.1) is 19.0 Å². The van der Waals surface area contributed by atoms with Gasteiger partial charge in [0.2, 0.25) is 16.9 Å². The van der Waals surface area contributed by atoms with Crippen LogP contribution in [0.2, 0.25) is 0 Å². The van der Waals surface area contributed by atoms with Crippen molar-refractivity contribution in [2.75, 3.05) is 28.6 Å². The fourth-order valence-electron chi connectivity index (χ4n) is 4.32. The maximum absolute atomic E-state index is 12.4. The molecule has 0 radical (unpaired) electrons. The van der Waals surface area contributed by atoms with Crippen molar-refractivity contribution >= 4 is 45.9 Å². The molecule has 1 fully saturated rings. The number of alkyl halides is 6. The van der Waals surface area contributed by atoms with Crippen LogP contribution in [0.25, 0.3) is 0 Å². The van der Waals surface area contributed by atoms with Crippen molar-refractivity contribution in [1.29, 1.82) is 0 Å². The number of anilines is 3. The van der Waals surface area contributed by atoms with E-state index in [-0.39, 0.29) is 30.5 Å². The van der Waals surface area contributed by atoms with Gasteiger partial charge in [-0.3, -0.25) is 14.3 Å². The van der Waals surface area contributed by atoms with E-state index in [1.54, 1.807) is 36.3 Å². The van der Waals surface area contributed by atoms with E-state index in [1.807, 2.05) is 4.90 Å². The SMILES string of the molecule is Cn1cc(CC(=O)Nc2nnc(C3CCN(c4ccc(NC(=O)Cc5cccc(OC(F)(F)F)c5)nn4)C3)s2)cn1.O=C(O)C(F)(F)F. The highest BCUT2D eigenvalue weighted by molar-refractivity contribution is 7.15. The summed E-state index contributed by atoms with van der Waals surface area (Å²) in [5.74, 6) is -2.87. The van der Waals surface area contributed by atoms with Gasteiger partial charge in [0.1, 0.15) is 10.8 Å². The van der Waals surface area contributed by atoms with E-state index in [4.69, 9.17) is 9.90 Å². The number of nitrogens with zero attached hydrogens (tertiary/aromatic N) is 7. The second-order valence-corrected chi connectivity index (χ2v) is 11.1. The number of amides is 2. The summed E-state index contributed by atoms with van der Waals surface area (Å²) in [7, 11) is 1.79. The zero-order chi connectivity index (χ0) is 35.1. The van der Waals surface area contributed by atoms with Gasteiger partial charge >= 0.3 is 18.5 Å². The molecule has 0 spiro atoms. The number of hydrogen-bond acceptors (Lipinski definition) is 11. The van der Waals surface area contributed by atoms with E-state index in [0.29, 0.717) is 29.6 Å². The molecular weight excluding hydrogens is 676 g/mol. The number of halogens is 6. The van der Waals surface area contributed by atoms with Crippen LogP contribution < -0.4 is 20.3 Å². The van der Waals surface area contributed by atoms with Gasteiger partial charge in [-0.05, 0) is 41.8 Å². The maximum atomic E-state index is 12.4. The second kappa shape index (κ2) is 15.0. The molecule has 0 bridgehead atoms. The summed E-state index contributed by atoms with van der Waals surface area (Å²) in [6.45, 7) is 1.35. The second-order valence-electron chi connectivity index (χ2n) is 10.1. The van der Waals surface area contributed by atoms with Crippen LogP contribution >= 0.6 is 11.3 Å². The Hall–Kier alpha value is -5.34. The summed E-state index contributed by atoms with van der Waals surface area (Å²) in [4.78, 5) is 35.6. The minimum atomic E-state index is -5.08. The van der Waals surface area contributed by atoms with E-state index < -0.39 is 30.2 Å². The van der Waals surface area contributed by atoms with Crippen LogP contribution in [-0.4, -0.2) is 78.7 Å². The average Bonchev–Trinajstić information content (AvgIpc) is 3.74. The summed E-state index contributed by atoms with van der Waals surface area (Å²) in [6, 6.07) is 8.56. The zero-order valence-corrected chi connectivity index (χ0v) is 25.4. The Morgan fingerprint density at radius 3 is 2.31 bits per heavy atom. The topological polar surface area (TPSA) is 177 Å². The molecule has 0 saturated carbocycles. The molecule has 4 heterocycles. The monoisotopic (exact) mass is 701 g/mol. The molecule has 1 unspecified atom stereocenters. The predicted molar refractivity (Wildman–Crippen MR) is 156 cm³/mol. The van der Waals surface area contributed by atoms with E-state index in [2.05, 4.69) is 40.9 Å². The number of benzene rings is 1. The summed E-state index contributed by atoms with van der Waals surface area (Å²) in [5, 5.41) is 34.4. The van der Waals surface area contributed by atoms with Gasteiger partial charge in [0, 0.05) is 32.3 Å². The Labute approximate surface area is 270 Å². The van der Waals surface area contributed by atoms with Gasteiger partial charge in [-0.2, -0.15) is 18.3 Å². The highest BCUT2D eigenvalue weighted by atomic mass is 32.1. The van der Waals surface area contributed by atoms with Crippen LogP contribution in [0.4, 0.5) is 43.1 Å². The van der Waals surface area contributed by atoms with Gasteiger partial charge in [-0.1, -0.05) is 23.5 Å². The van der Waals surface area contributed by atoms with Gasteiger partial charge < -0.3 is 25.4 Å². The molecule has 1 atom stereocenters. The number of aryl methyl sites for hydroxylation is 1. The zero-order valence-electron chi connectivity index (χ0n) is 24.6. The molecule has 48 heavy (non-hydrogen) atoms. The average molecular weight is 702 g/mol. The summed E-state index contributed by atoms with van der Waals surface area (Å²) >= 11 is 1.34. The van der Waals surface area contributed by atoms with Crippen molar-refractivity contribution in [1.82, 2.24) is 30.2 Å². The molecular formula is C27H25F6N9O5S. The lowest BCUT2D eigenvalue weighted by molar-refractivity contribution is -0.274. The van der Waals surface area contributed by atoms with E-state index in [9.17, 15) is 35.9 Å². The third-order valence-corrected chi connectivity index (χ3v) is 7.33. The highest BCUT2D eigenvalue weighted by Gasteiger charge is 2.38. The quantitative estimate of drug-likeness (QED) is 0.215. The van der Waals surface area contributed by atoms with Gasteiger partial charge in [-0.15, -0.1) is 33.6 Å². The van der Waals surface area contributed by atoms with Crippen molar-refractivity contribution in [3.8, 4) is 5.75 Å². The molecule has 1 aromatic carbocycles. The fourth-order valence-corrected chi connectivity index (χ4v) is 5.20. The molecule has 3 aromatic heterocycles. The number of nitrogens with one attached hydrogen (secondary N) is 2. The Balaban J connectivity index is 0.000000671. The lowest BCUT2D eigenvalue weighted by atomic mass is 10.1. The number of aliphatic carboxylic acids is 1. The number of aromatic nitrogens is 6. The van der Waals surface area contributed by atoms with Crippen LogP contribution in [0.5, 0.6) is 5.75 Å². The minimum absolute atomic E-state index is 0.106. The number of carbonyl (C=O) groups excluding carboxylic acids is 2. The molecule has 1 aliphatic rings. The summed E-state index contributed by atoms with van der Waals surface area (Å²) in [6.07, 6.45) is -5.63. The Kier molecular flexibility index (Phi) is 11.1. The van der Waals surface area contributed by atoms with Gasteiger partial charge in [0.25, 0.3) is 0 Å². The van der Waals surface area contributed by atoms with Crippen molar-refractivity contribution in [2.45, 2.75) is 37.7 Å². The molecule has 1 aliphatic heterocycles. The standard InChI is InChI=1S/C25H24F3N9O3S.C2HF3O2/c1-36-13-16(12-29-36)11-22(39)31-24-35-34-23(41-24)17-7-8-37(14-17)20-6-5-19(32-33-20)30-21(38)10-15-3-2-4-18(9-15)40-25(26,27)28;3-2(4,5)1(6)7/h2-6,9,12-13,17H,7-8,10-11,14H2,1H3,(H,30,32,38)(H,31,35,39);(H,6,7). The molecule has 2 amide bonds. The third kappa shape index (κ3) is 10.9. The van der Waals surface area contributed by atoms with Crippen molar-refractivity contribution < 1.29 is 50.6 Å². The lowest BCUT2D eigenvalue weighted by Crippen LogP contribution is -2.21. The van der Waals surface area contributed by atoms with Crippen LogP contribution in [0.15, 0.2) is 48.8 Å². The van der Waals surface area contributed by atoms with Crippen LogP contribution in [-0.2, 0) is 34.3 Å². The molecule has 1 saturated heterocycles. The van der Waals surface area contributed by atoms with E-state index in [0.717, 1.165) is 29.1 Å². The number of rotatable bonds is 9. The van der Waals surface area contributed by atoms with Gasteiger partial charge in [-0.25, -0.2) is 4.79 Å². The molecule has 3 N–H and O–H groups in total. The molecule has 0 aliphatic carbocycles. The van der Waals surface area contributed by atoms with Crippen LogP contribution in [0.1, 0.15) is 28.5 Å². The number of carbonyl (C=O) groups is 3. The van der Waals surface area contributed by atoms with Crippen LogP contribution in [0, 0.1) is 0 Å². The van der Waals surface area contributed by atoms with E-state index in [1.165, 1.54) is 23.5 Å². The smallest absolute Gasteiger partial charge is 0.475 e. The molecule has 21 heteroatoms. The van der Waals surface area contributed by atoms with Crippen molar-refractivity contribution in [3.63, 3.8) is 0 Å². The first-order valence-corrected chi connectivity index (χ1v) is 14.5. The van der Waals surface area contributed by atoms with Gasteiger partial charge in [0.15, 0.2) is 11.6 Å². The minimum Gasteiger partial charge on any atom is -0.475 e. The molecule has 256 valence electrons. The first-order chi connectivity index (χ1) is 22.5. The Morgan fingerprint density at radius 1 is 0.979 bits per heavy atom. The summed E-state index contributed by atoms with van der Waals surface area (Å²) < 4.78 is 74.6. The first kappa shape index (κ1) is 35.5. The number of carboxylic acids is 1. The number of carboxylic acid groups (broad SMARTS) is 1. The largest absolute Gasteiger partial charge is 0.573 e. The number of ether oxygens (including phenoxy) is 1. The normalized spacial score (nSPS) is 14.6. The Bertz CT molecular complexity index is 1730. The molecule has 4 aromatic rings. The predicted octanol–water partition coefficient (Wildman–Crippen LogP) is 3.95. The lowest BCUT2D eigenvalue weighted by Gasteiger charge is -2.16. The first-order valence-electron chi connectivity index (χ1n) is 13.7. The molecule has 14 nitrogen and oxygen atoms in total. The fraction of sp³-hybridized carbons (Fsp3) is 0.333. The molecule has 5 rings (SSSR count). The Morgan fingerprint density at radius 2 is 1.69 bits per heavy atom. The van der Waals surface area contributed by atoms with Crippen LogP contribution in [0.3, 0.4) is 0 Å². The third-order valence-electron chi connectivity index (χ3n) is 6.33. The highest BCUT2D eigenvalue weighted by Crippen LogP contribution is 2.33. The summed E-state index contributed by atoms with van der Waals surface area (Å²) in [5.41, 5.74) is 1.16. The van der Waals surface area contributed by atoms with Crippen molar-refractivity contribution in [3.05, 3.63) is 64.9 Å². The van der Waals surface area contributed by atoms with Crippen molar-refractivity contribution in [2.24, 2.45) is 7.05 Å². The number of hydrogen-bond donors (Lipinski definition) is 3. The van der Waals surface area contributed by atoms with E-state index >= 15 is 0 Å².